The first-order valence-corrected chi connectivity index (χ1v) is 6.01. The summed E-state index contributed by atoms with van der Waals surface area (Å²) in [5.41, 5.74) is 1.33. The largest absolute Gasteiger partial charge is 0.380 e. The van der Waals surface area contributed by atoms with Crippen LogP contribution in [0.4, 0.5) is 5.69 Å². The highest BCUT2D eigenvalue weighted by atomic mass is 32.1. The Bertz CT molecular complexity index is 459. The number of nitrogens with one attached hydrogen (secondary N) is 1. The Kier molecular flexibility index (Phi) is 2.65. The topological polar surface area (TPSA) is 24.9 Å². The lowest BCUT2D eigenvalue weighted by Gasteiger charge is -2.25. The van der Waals surface area contributed by atoms with Gasteiger partial charge in [0.2, 0.25) is 0 Å². The first kappa shape index (κ1) is 10.4. The van der Waals surface area contributed by atoms with E-state index in [2.05, 4.69) is 48.7 Å². The van der Waals surface area contributed by atoms with E-state index in [1.54, 1.807) is 11.5 Å². The summed E-state index contributed by atoms with van der Waals surface area (Å²) in [5, 5.41) is 4.75. The van der Waals surface area contributed by atoms with Crippen LogP contribution in [0.1, 0.15) is 27.2 Å². The fourth-order valence-corrected chi connectivity index (χ4v) is 2.06. The first-order chi connectivity index (χ1) is 7.11. The van der Waals surface area contributed by atoms with Crippen LogP contribution >= 0.6 is 11.5 Å². The van der Waals surface area contributed by atoms with Crippen LogP contribution in [0.25, 0.3) is 10.1 Å². The van der Waals surface area contributed by atoms with Crippen molar-refractivity contribution in [2.75, 3.05) is 5.32 Å². The van der Waals surface area contributed by atoms with E-state index in [4.69, 9.17) is 0 Å². The Morgan fingerprint density at radius 1 is 1.40 bits per heavy atom. The third-order valence-electron chi connectivity index (χ3n) is 2.72. The second-order valence-corrected chi connectivity index (χ2v) is 5.27. The highest BCUT2D eigenvalue weighted by Crippen LogP contribution is 2.24. The molecule has 0 aliphatic carbocycles. The Labute approximate surface area is 94.5 Å². The van der Waals surface area contributed by atoms with Crippen molar-refractivity contribution in [3.8, 4) is 0 Å². The molecule has 0 bridgehead atoms. The van der Waals surface area contributed by atoms with Gasteiger partial charge in [-0.1, -0.05) is 6.92 Å². The standard InChI is InChI=1S/C12H16N2S/c1-4-12(2,3)14-10-5-6-11-9(7-10)8-13-15-11/h5-8,14H,4H2,1-3H3. The molecule has 80 valence electrons. The van der Waals surface area contributed by atoms with Crippen LogP contribution in [0, 0.1) is 0 Å². The van der Waals surface area contributed by atoms with Gasteiger partial charge in [0.15, 0.2) is 0 Å². The van der Waals surface area contributed by atoms with Gasteiger partial charge in [-0.05, 0) is 50.0 Å². The van der Waals surface area contributed by atoms with Crippen molar-refractivity contribution in [3.63, 3.8) is 0 Å². The van der Waals surface area contributed by atoms with Crippen LogP contribution in [0.5, 0.6) is 0 Å². The third kappa shape index (κ3) is 2.29. The summed E-state index contributed by atoms with van der Waals surface area (Å²) >= 11 is 1.54. The zero-order chi connectivity index (χ0) is 10.9. The van der Waals surface area contributed by atoms with Crippen LogP contribution in [-0.4, -0.2) is 9.91 Å². The van der Waals surface area contributed by atoms with Gasteiger partial charge in [0.05, 0.1) is 4.70 Å². The minimum atomic E-state index is 0.150. The molecule has 1 N–H and O–H groups in total. The molecule has 0 spiro atoms. The molecular weight excluding hydrogens is 204 g/mol. The summed E-state index contributed by atoms with van der Waals surface area (Å²) in [6.07, 6.45) is 3.02. The lowest BCUT2D eigenvalue weighted by Crippen LogP contribution is -2.29. The van der Waals surface area contributed by atoms with Crippen molar-refractivity contribution in [3.05, 3.63) is 24.4 Å². The Morgan fingerprint density at radius 2 is 2.20 bits per heavy atom. The number of hydrogen-bond acceptors (Lipinski definition) is 3. The smallest absolute Gasteiger partial charge is 0.0551 e. The Hall–Kier alpha value is -1.09. The molecule has 0 aliphatic heterocycles. The van der Waals surface area contributed by atoms with Gasteiger partial charge in [0, 0.05) is 22.8 Å². The summed E-state index contributed by atoms with van der Waals surface area (Å²) in [5.74, 6) is 0. The molecule has 2 aromatic rings. The molecule has 1 heterocycles. The maximum Gasteiger partial charge on any atom is 0.0551 e. The normalized spacial score (nSPS) is 11.9. The highest BCUT2D eigenvalue weighted by Gasteiger charge is 2.14. The molecule has 0 aliphatic rings. The molecule has 2 nitrogen and oxygen atoms in total. The van der Waals surface area contributed by atoms with Gasteiger partial charge in [-0.3, -0.25) is 0 Å². The van der Waals surface area contributed by atoms with Gasteiger partial charge in [0.25, 0.3) is 0 Å². The quantitative estimate of drug-likeness (QED) is 0.848. The molecule has 0 atom stereocenters. The summed E-state index contributed by atoms with van der Waals surface area (Å²) in [7, 11) is 0. The van der Waals surface area contributed by atoms with E-state index in [1.807, 2.05) is 6.20 Å². The molecule has 1 aromatic heterocycles. The van der Waals surface area contributed by atoms with Crippen LogP contribution in [0.2, 0.25) is 0 Å². The molecule has 15 heavy (non-hydrogen) atoms. The minimum Gasteiger partial charge on any atom is -0.380 e. The Balaban J connectivity index is 2.28. The van der Waals surface area contributed by atoms with Gasteiger partial charge < -0.3 is 5.32 Å². The summed E-state index contributed by atoms with van der Waals surface area (Å²) in [6, 6.07) is 6.41. The lowest BCUT2D eigenvalue weighted by molar-refractivity contribution is 0.547. The van der Waals surface area contributed by atoms with E-state index in [0.29, 0.717) is 0 Å². The minimum absolute atomic E-state index is 0.150. The average molecular weight is 220 g/mol. The molecule has 0 saturated carbocycles. The van der Waals surface area contributed by atoms with Gasteiger partial charge in [-0.25, -0.2) is 0 Å². The van der Waals surface area contributed by atoms with E-state index in [1.165, 1.54) is 15.8 Å². The summed E-state index contributed by atoms with van der Waals surface area (Å²) < 4.78 is 5.42. The van der Waals surface area contributed by atoms with Crippen molar-refractivity contribution < 1.29 is 0 Å². The van der Waals surface area contributed by atoms with Gasteiger partial charge in [-0.2, -0.15) is 4.37 Å². The number of anilines is 1. The Morgan fingerprint density at radius 3 is 2.93 bits per heavy atom. The fraction of sp³-hybridized carbons (Fsp3) is 0.417. The molecule has 0 radical (unpaired) electrons. The van der Waals surface area contributed by atoms with E-state index >= 15 is 0 Å². The molecule has 0 unspecified atom stereocenters. The second kappa shape index (κ2) is 3.81. The summed E-state index contributed by atoms with van der Waals surface area (Å²) in [6.45, 7) is 6.61. The molecule has 0 amide bonds. The number of hydrogen-bond donors (Lipinski definition) is 1. The maximum atomic E-state index is 4.17. The number of benzene rings is 1. The fourth-order valence-electron chi connectivity index (χ4n) is 1.43. The molecule has 2 rings (SSSR count). The van der Waals surface area contributed by atoms with E-state index in [0.717, 1.165) is 6.42 Å². The highest BCUT2D eigenvalue weighted by molar-refractivity contribution is 7.13. The van der Waals surface area contributed by atoms with Crippen LogP contribution < -0.4 is 5.32 Å². The van der Waals surface area contributed by atoms with Crippen molar-refractivity contribution in [2.24, 2.45) is 0 Å². The van der Waals surface area contributed by atoms with E-state index in [-0.39, 0.29) is 5.54 Å². The lowest BCUT2D eigenvalue weighted by atomic mass is 10.0. The van der Waals surface area contributed by atoms with Crippen LogP contribution in [0.3, 0.4) is 0 Å². The number of rotatable bonds is 3. The first-order valence-electron chi connectivity index (χ1n) is 5.23. The number of nitrogens with zero attached hydrogens (tertiary/aromatic N) is 1. The predicted octanol–water partition coefficient (Wildman–Crippen LogP) is 3.90. The zero-order valence-corrected chi connectivity index (χ0v) is 10.2. The SMILES string of the molecule is CCC(C)(C)Nc1ccc2sncc2c1. The molecule has 0 fully saturated rings. The summed E-state index contributed by atoms with van der Waals surface area (Å²) in [4.78, 5) is 0. The molecule has 0 saturated heterocycles. The monoisotopic (exact) mass is 220 g/mol. The molecule has 1 aromatic carbocycles. The van der Waals surface area contributed by atoms with Crippen LogP contribution in [-0.2, 0) is 0 Å². The van der Waals surface area contributed by atoms with Crippen molar-refractivity contribution in [1.82, 2.24) is 4.37 Å². The van der Waals surface area contributed by atoms with E-state index < -0.39 is 0 Å². The van der Waals surface area contributed by atoms with Crippen molar-refractivity contribution in [2.45, 2.75) is 32.7 Å². The average Bonchev–Trinajstić information content (AvgIpc) is 2.64. The molecule has 3 heteroatoms. The molecular formula is C12H16N2S. The maximum absolute atomic E-state index is 4.17. The number of aromatic nitrogens is 1. The predicted molar refractivity (Wildman–Crippen MR) is 67.6 cm³/mol. The van der Waals surface area contributed by atoms with Crippen molar-refractivity contribution >= 4 is 27.3 Å². The zero-order valence-electron chi connectivity index (χ0n) is 9.37. The van der Waals surface area contributed by atoms with Crippen molar-refractivity contribution in [1.29, 1.82) is 0 Å². The van der Waals surface area contributed by atoms with Crippen LogP contribution in [0.15, 0.2) is 24.4 Å². The van der Waals surface area contributed by atoms with E-state index in [9.17, 15) is 0 Å². The number of fused-ring (bicyclic) bond motifs is 1. The second-order valence-electron chi connectivity index (χ2n) is 4.44. The van der Waals surface area contributed by atoms with Gasteiger partial charge in [0.1, 0.15) is 0 Å². The third-order valence-corrected chi connectivity index (χ3v) is 3.50. The van der Waals surface area contributed by atoms with Gasteiger partial charge >= 0.3 is 0 Å². The van der Waals surface area contributed by atoms with Gasteiger partial charge in [-0.15, -0.1) is 0 Å².